The fourth-order valence-corrected chi connectivity index (χ4v) is 12.3. The van der Waals surface area contributed by atoms with Crippen LogP contribution in [0.4, 0.5) is 0 Å². The van der Waals surface area contributed by atoms with Crippen molar-refractivity contribution in [3.63, 3.8) is 0 Å². The number of nitrogens with zero attached hydrogens (tertiary/aromatic N) is 2. The fraction of sp³-hybridized carbons (Fsp3) is 0.259. The van der Waals surface area contributed by atoms with Gasteiger partial charge < -0.3 is 9.40 Å². The van der Waals surface area contributed by atoms with Gasteiger partial charge in [0.05, 0.1) is 5.58 Å². The molecule has 6 heteroatoms. The van der Waals surface area contributed by atoms with Gasteiger partial charge in [0.1, 0.15) is 5.58 Å². The average molecular weight is 1030 g/mol. The maximum Gasteiger partial charge on any atom is 0.121 e. The van der Waals surface area contributed by atoms with Crippen molar-refractivity contribution >= 4 is 61.5 Å². The van der Waals surface area contributed by atoms with Crippen molar-refractivity contribution in [2.24, 2.45) is 11.8 Å². The number of aromatic nitrogens is 2. The second-order valence-corrected chi connectivity index (χ2v) is 28.5. The molecule has 9 aromatic rings. The average Bonchev–Trinajstić information content (AvgIpc) is 3.99. The van der Waals surface area contributed by atoms with Crippen LogP contribution >= 0.6 is 0 Å². The van der Waals surface area contributed by atoms with Crippen LogP contribution in [0.25, 0.3) is 77.5 Å². The number of pyridine rings is 2. The quantitative estimate of drug-likeness (QED) is 0.112. The molecule has 10 rings (SSSR count). The number of hydrogen-bond donors (Lipinski definition) is 0. The molecule has 4 nitrogen and oxygen atoms in total. The second-order valence-electron chi connectivity index (χ2n) is 17.9. The van der Waals surface area contributed by atoms with Gasteiger partial charge in [0.2, 0.25) is 0 Å². The molecular weight excluding hydrogens is 973 g/mol. The van der Waals surface area contributed by atoms with Crippen LogP contribution < -0.4 is 4.40 Å². The fourth-order valence-electron chi connectivity index (χ4n) is 9.00. The van der Waals surface area contributed by atoms with Crippen LogP contribution in [0.2, 0.25) is 17.3 Å². The maximum atomic E-state index is 6.41. The molecule has 0 saturated heterocycles. The topological polar surface area (TPSA) is 52.1 Å². The number of para-hydroxylation sites is 1. The Kier molecular flexibility index (Phi) is 12.3. The Hall–Kier alpha value is -4.81. The Labute approximate surface area is 370 Å². The van der Waals surface area contributed by atoms with E-state index in [1.807, 2.05) is 30.3 Å². The van der Waals surface area contributed by atoms with Crippen molar-refractivity contribution in [3.8, 4) is 33.6 Å². The Morgan fingerprint density at radius 2 is 1.27 bits per heavy atom. The molecule has 1 aliphatic carbocycles. The van der Waals surface area contributed by atoms with E-state index >= 15 is 0 Å². The van der Waals surface area contributed by atoms with Gasteiger partial charge in [-0.15, -0.1) is 18.2 Å². The minimum Gasteiger partial charge on any atom is -0.501 e. The minimum atomic E-state index is -1.98. The van der Waals surface area contributed by atoms with Crippen molar-refractivity contribution in [1.82, 2.24) is 9.97 Å². The van der Waals surface area contributed by atoms with Crippen LogP contribution in [-0.4, -0.2) is 23.2 Å². The Morgan fingerprint density at radius 1 is 0.650 bits per heavy atom. The molecule has 0 unspecified atom stereocenters. The molecule has 0 spiro atoms. The molecule has 5 aromatic carbocycles. The monoisotopic (exact) mass is 1030 g/mol. The van der Waals surface area contributed by atoms with E-state index in [1.54, 1.807) is 0 Å². The first kappa shape index (κ1) is 41.9. The number of aryl methyl sites for hydroxylation is 1. The number of hydrogen-bond acceptors (Lipinski definition) is 4. The van der Waals surface area contributed by atoms with Crippen LogP contribution in [0, 0.1) is 30.9 Å². The molecule has 0 aliphatic heterocycles. The molecule has 0 bridgehead atoms. The van der Waals surface area contributed by atoms with Crippen LogP contribution in [-0.2, 0) is 32.9 Å². The van der Waals surface area contributed by atoms with Gasteiger partial charge in [-0.3, -0.25) is 0 Å². The summed E-state index contributed by atoms with van der Waals surface area (Å²) in [7, 11) is 0. The Bertz CT molecular complexity index is 2930. The minimum absolute atomic E-state index is 0. The maximum absolute atomic E-state index is 6.41. The third-order valence-electron chi connectivity index (χ3n) is 12.0. The van der Waals surface area contributed by atoms with Crippen molar-refractivity contribution in [1.29, 1.82) is 0 Å². The summed E-state index contributed by atoms with van der Waals surface area (Å²) in [4.78, 5) is 9.71. The van der Waals surface area contributed by atoms with E-state index < -0.39 is 13.3 Å². The molecule has 0 amide bonds. The molecule has 4 heterocycles. The van der Waals surface area contributed by atoms with Crippen LogP contribution in [0.5, 0.6) is 0 Å². The van der Waals surface area contributed by atoms with Gasteiger partial charge in [0.15, 0.2) is 0 Å². The van der Waals surface area contributed by atoms with Gasteiger partial charge in [-0.1, -0.05) is 90.7 Å². The molecule has 305 valence electrons. The molecular formula is C54H52GeIrN2O2-2. The van der Waals surface area contributed by atoms with E-state index in [1.165, 1.54) is 52.3 Å². The summed E-state index contributed by atoms with van der Waals surface area (Å²) in [6.45, 7) is 6.78. The zero-order valence-corrected chi connectivity index (χ0v) is 40.0. The van der Waals surface area contributed by atoms with Gasteiger partial charge in [-0.25, -0.2) is 0 Å². The van der Waals surface area contributed by atoms with Gasteiger partial charge in [-0.2, -0.15) is 0 Å². The Balaban J connectivity index is 0.000000166. The first-order valence-electron chi connectivity index (χ1n) is 21.3. The number of benzene rings is 5. The molecule has 0 atom stereocenters. The number of rotatable bonds is 8. The third kappa shape index (κ3) is 8.55. The summed E-state index contributed by atoms with van der Waals surface area (Å²) in [5.41, 5.74) is 13.9. The van der Waals surface area contributed by atoms with Crippen molar-refractivity contribution < 1.29 is 28.9 Å². The summed E-state index contributed by atoms with van der Waals surface area (Å²) in [6, 6.07) is 44.5. The van der Waals surface area contributed by atoms with E-state index in [0.29, 0.717) is 5.92 Å². The van der Waals surface area contributed by atoms with Crippen LogP contribution in [0.1, 0.15) is 56.2 Å². The first-order valence-corrected chi connectivity index (χ1v) is 28.6. The molecule has 4 aromatic heterocycles. The molecule has 1 radical (unpaired) electrons. The van der Waals surface area contributed by atoms with E-state index in [9.17, 15) is 0 Å². The van der Waals surface area contributed by atoms with Crippen molar-refractivity contribution in [3.05, 3.63) is 150 Å². The van der Waals surface area contributed by atoms with Gasteiger partial charge >= 0.3 is 164 Å². The zero-order valence-electron chi connectivity index (χ0n) is 35.5. The molecule has 60 heavy (non-hydrogen) atoms. The van der Waals surface area contributed by atoms with Gasteiger partial charge in [-0.05, 0) is 47.7 Å². The van der Waals surface area contributed by atoms with E-state index in [2.05, 4.69) is 141 Å². The second kappa shape index (κ2) is 17.7. The van der Waals surface area contributed by atoms with Crippen LogP contribution in [0.15, 0.2) is 130 Å². The summed E-state index contributed by atoms with van der Waals surface area (Å²) < 4.78 is 14.1. The molecule has 1 saturated carbocycles. The van der Waals surface area contributed by atoms with Crippen molar-refractivity contribution in [2.75, 3.05) is 0 Å². The summed E-state index contributed by atoms with van der Waals surface area (Å²) in [5.74, 6) is 8.76. The predicted molar refractivity (Wildman–Crippen MR) is 249 cm³/mol. The summed E-state index contributed by atoms with van der Waals surface area (Å²) in [6.07, 6.45) is 11.9. The third-order valence-corrected chi connectivity index (χ3v) is 16.4. The standard InChI is InChI=1S/C30H26NO.C24H26GeNO.Ir/c1-20-16-28(31-19-24(20)17-21-8-5-6-9-21)27-13-7-12-26-25-15-14-23(18-29(25)32-30(26)27)22-10-3-2-4-11-22;1-16(2)13-17-14-22(26-15-21(17)25(3,4)5)20-11-8-10-19-18-9-6-7-12-23(18)27-24(19)20;/h2-4,7,10-12,14-16,18-19,21H,5-6,8-9,17H2,1H3;6-10,12,14-16H,13H2,1-5H3;/q2*-1;. The smallest absolute Gasteiger partial charge is 0.121 e. The Morgan fingerprint density at radius 3 is 1.93 bits per heavy atom. The van der Waals surface area contributed by atoms with E-state index in [4.69, 9.17) is 18.8 Å². The molecule has 1 fully saturated rings. The van der Waals surface area contributed by atoms with Gasteiger partial charge in [0.25, 0.3) is 0 Å². The predicted octanol–water partition coefficient (Wildman–Crippen LogP) is 14.3. The first-order chi connectivity index (χ1) is 28.6. The zero-order chi connectivity index (χ0) is 40.7. The normalized spacial score (nSPS) is 13.3. The largest absolute Gasteiger partial charge is 0.501 e. The SMILES string of the molecule is CC(C)Cc1cc(-c2[c-]ccc3c2oc2ccccc23)nc[c]1[Ge]([CH3])([CH3])[CH3].Cc1cc(-c2[c-]ccc3c2oc2cc(-c4ccccc4)ccc23)ncc1CC1CCCC1.[Ir]. The summed E-state index contributed by atoms with van der Waals surface area (Å²) >= 11 is -1.98. The molecule has 0 N–H and O–H groups in total. The van der Waals surface area contributed by atoms with Crippen LogP contribution in [0.3, 0.4) is 0 Å². The number of furan rings is 2. The summed E-state index contributed by atoms with van der Waals surface area (Å²) in [5, 5.41) is 4.52. The van der Waals surface area contributed by atoms with Crippen molar-refractivity contribution in [2.45, 2.75) is 76.6 Å². The van der Waals surface area contributed by atoms with E-state index in [-0.39, 0.29) is 20.1 Å². The molecule has 1 aliphatic rings. The number of fused-ring (bicyclic) bond motifs is 6. The van der Waals surface area contributed by atoms with Gasteiger partial charge in [0, 0.05) is 31.7 Å². The van der Waals surface area contributed by atoms with E-state index in [0.717, 1.165) is 90.7 Å².